The molecule has 1 saturated heterocycles. The minimum atomic E-state index is -0.149. The number of carbonyl (C=O) groups is 2. The third kappa shape index (κ3) is 5.37. The predicted octanol–water partition coefficient (Wildman–Crippen LogP) is 4.42. The topological polar surface area (TPSA) is 46.6 Å². The van der Waals surface area contributed by atoms with Crippen molar-refractivity contribution in [1.29, 1.82) is 0 Å². The largest absolute Gasteiger partial charge is 0.461 e. The molecule has 2 aromatic rings. The Bertz CT molecular complexity index is 836. The first-order valence-corrected chi connectivity index (χ1v) is 11.2. The van der Waals surface area contributed by atoms with Crippen LogP contribution in [0.25, 0.3) is 0 Å². The van der Waals surface area contributed by atoms with E-state index in [1.807, 2.05) is 36.4 Å². The van der Waals surface area contributed by atoms with E-state index in [0.29, 0.717) is 24.7 Å². The van der Waals surface area contributed by atoms with Crippen LogP contribution in [0.1, 0.15) is 43.2 Å². The van der Waals surface area contributed by atoms with Crippen molar-refractivity contribution in [2.75, 3.05) is 13.1 Å². The summed E-state index contributed by atoms with van der Waals surface area (Å²) in [5, 5.41) is 0. The zero-order valence-corrected chi connectivity index (χ0v) is 17.5. The SMILES string of the molecule is O=C(CCC(Cc1ccccc1)N1CC2CCCC(=O)C2C1)OCc1ccccc1. The number of carbonyl (C=O) groups excluding carboxylic acids is 2. The van der Waals surface area contributed by atoms with Crippen LogP contribution in [0.15, 0.2) is 60.7 Å². The van der Waals surface area contributed by atoms with Gasteiger partial charge < -0.3 is 4.74 Å². The number of ether oxygens (including phenoxy) is 1. The molecule has 0 radical (unpaired) electrons. The minimum Gasteiger partial charge on any atom is -0.461 e. The van der Waals surface area contributed by atoms with Gasteiger partial charge in [0.2, 0.25) is 0 Å². The van der Waals surface area contributed by atoms with E-state index in [2.05, 4.69) is 29.2 Å². The maximum atomic E-state index is 12.4. The van der Waals surface area contributed by atoms with Crippen molar-refractivity contribution < 1.29 is 14.3 Å². The fraction of sp³-hybridized carbons (Fsp3) is 0.462. The number of esters is 1. The summed E-state index contributed by atoms with van der Waals surface area (Å²) < 4.78 is 5.49. The lowest BCUT2D eigenvalue weighted by molar-refractivity contribution is -0.145. The van der Waals surface area contributed by atoms with Gasteiger partial charge in [-0.3, -0.25) is 14.5 Å². The molecule has 0 bridgehead atoms. The summed E-state index contributed by atoms with van der Waals surface area (Å²) in [5.74, 6) is 0.982. The predicted molar refractivity (Wildman–Crippen MR) is 117 cm³/mol. The Morgan fingerprint density at radius 2 is 1.70 bits per heavy atom. The van der Waals surface area contributed by atoms with Gasteiger partial charge in [0.25, 0.3) is 0 Å². The van der Waals surface area contributed by atoms with Crippen LogP contribution in [0.2, 0.25) is 0 Å². The van der Waals surface area contributed by atoms with Gasteiger partial charge in [-0.05, 0) is 42.7 Å². The highest BCUT2D eigenvalue weighted by atomic mass is 16.5. The fourth-order valence-electron chi connectivity index (χ4n) is 4.98. The molecule has 0 aromatic heterocycles. The highest BCUT2D eigenvalue weighted by Crippen LogP contribution is 2.36. The minimum absolute atomic E-state index is 0.149. The summed E-state index contributed by atoms with van der Waals surface area (Å²) >= 11 is 0. The van der Waals surface area contributed by atoms with Crippen molar-refractivity contribution in [1.82, 2.24) is 4.90 Å². The van der Waals surface area contributed by atoms with Gasteiger partial charge in [-0.15, -0.1) is 0 Å². The van der Waals surface area contributed by atoms with Crippen LogP contribution in [-0.2, 0) is 27.4 Å². The Morgan fingerprint density at radius 1 is 1.00 bits per heavy atom. The number of fused-ring (bicyclic) bond motifs is 1. The van der Waals surface area contributed by atoms with Crippen LogP contribution in [0, 0.1) is 11.8 Å². The van der Waals surface area contributed by atoms with Gasteiger partial charge in [-0.25, -0.2) is 0 Å². The van der Waals surface area contributed by atoms with E-state index in [4.69, 9.17) is 4.74 Å². The molecule has 1 saturated carbocycles. The maximum absolute atomic E-state index is 12.4. The van der Waals surface area contributed by atoms with Gasteiger partial charge >= 0.3 is 5.97 Å². The first kappa shape index (κ1) is 20.8. The Hall–Kier alpha value is -2.46. The summed E-state index contributed by atoms with van der Waals surface area (Å²) in [5.41, 5.74) is 2.29. The Kier molecular flexibility index (Phi) is 6.96. The molecule has 4 heteroatoms. The molecule has 0 spiro atoms. The van der Waals surface area contributed by atoms with Crippen LogP contribution in [0.5, 0.6) is 0 Å². The molecular formula is C26H31NO3. The van der Waals surface area contributed by atoms with Gasteiger partial charge in [0.1, 0.15) is 12.4 Å². The number of likely N-dealkylation sites (tertiary alicyclic amines) is 1. The second kappa shape index (κ2) is 10.0. The van der Waals surface area contributed by atoms with E-state index in [-0.39, 0.29) is 17.9 Å². The summed E-state index contributed by atoms with van der Waals surface area (Å²) in [6.07, 6.45) is 5.00. The van der Waals surface area contributed by atoms with Crippen LogP contribution >= 0.6 is 0 Å². The summed E-state index contributed by atoms with van der Waals surface area (Å²) in [7, 11) is 0. The molecule has 30 heavy (non-hydrogen) atoms. The first-order valence-electron chi connectivity index (χ1n) is 11.2. The molecule has 158 valence electrons. The number of nitrogens with zero attached hydrogens (tertiary/aromatic N) is 1. The number of benzene rings is 2. The van der Waals surface area contributed by atoms with E-state index in [0.717, 1.165) is 50.8 Å². The van der Waals surface area contributed by atoms with E-state index in [1.165, 1.54) is 5.56 Å². The molecule has 2 aromatic carbocycles. The zero-order valence-electron chi connectivity index (χ0n) is 17.5. The number of hydrogen-bond acceptors (Lipinski definition) is 4. The van der Waals surface area contributed by atoms with Gasteiger partial charge in [0.15, 0.2) is 0 Å². The summed E-state index contributed by atoms with van der Waals surface area (Å²) in [4.78, 5) is 27.3. The molecule has 3 atom stereocenters. The summed E-state index contributed by atoms with van der Waals surface area (Å²) in [6, 6.07) is 20.5. The Morgan fingerprint density at radius 3 is 2.40 bits per heavy atom. The van der Waals surface area contributed by atoms with Crippen LogP contribution < -0.4 is 0 Å². The van der Waals surface area contributed by atoms with Crippen molar-refractivity contribution in [3.8, 4) is 0 Å². The fourth-order valence-corrected chi connectivity index (χ4v) is 4.98. The molecule has 2 aliphatic rings. The third-order valence-corrected chi connectivity index (χ3v) is 6.64. The van der Waals surface area contributed by atoms with Crippen LogP contribution in [-0.4, -0.2) is 35.8 Å². The first-order chi connectivity index (χ1) is 14.7. The van der Waals surface area contributed by atoms with Gasteiger partial charge in [0, 0.05) is 37.9 Å². The molecule has 1 heterocycles. The number of rotatable bonds is 8. The average Bonchev–Trinajstić information content (AvgIpc) is 3.22. The second-order valence-corrected chi connectivity index (χ2v) is 8.71. The third-order valence-electron chi connectivity index (χ3n) is 6.64. The quantitative estimate of drug-likeness (QED) is 0.610. The van der Waals surface area contributed by atoms with Crippen LogP contribution in [0.4, 0.5) is 0 Å². The van der Waals surface area contributed by atoms with Crippen molar-refractivity contribution >= 4 is 11.8 Å². The molecular weight excluding hydrogens is 374 g/mol. The monoisotopic (exact) mass is 405 g/mol. The highest BCUT2D eigenvalue weighted by Gasteiger charge is 2.41. The molecule has 1 aliphatic heterocycles. The molecule has 4 nitrogen and oxygen atoms in total. The average molecular weight is 406 g/mol. The van der Waals surface area contributed by atoms with E-state index in [9.17, 15) is 9.59 Å². The van der Waals surface area contributed by atoms with Gasteiger partial charge in [-0.2, -0.15) is 0 Å². The normalized spacial score (nSPS) is 22.5. The lowest BCUT2D eigenvalue weighted by Gasteiger charge is -2.28. The number of hydrogen-bond donors (Lipinski definition) is 0. The van der Waals surface area contributed by atoms with Crippen LogP contribution in [0.3, 0.4) is 0 Å². The molecule has 4 rings (SSSR count). The standard InChI is InChI=1S/C26H31NO3/c28-25-13-7-12-22-17-27(18-24(22)25)23(16-20-8-3-1-4-9-20)14-15-26(29)30-19-21-10-5-2-6-11-21/h1-6,8-11,22-24H,7,12-19H2. The molecule has 0 N–H and O–H groups in total. The van der Waals surface area contributed by atoms with E-state index < -0.39 is 0 Å². The summed E-state index contributed by atoms with van der Waals surface area (Å²) in [6.45, 7) is 2.15. The molecule has 0 amide bonds. The van der Waals surface area contributed by atoms with Gasteiger partial charge in [0.05, 0.1) is 0 Å². The lowest BCUT2D eigenvalue weighted by atomic mass is 9.81. The highest BCUT2D eigenvalue weighted by molar-refractivity contribution is 5.82. The lowest BCUT2D eigenvalue weighted by Crippen LogP contribution is -2.36. The second-order valence-electron chi connectivity index (χ2n) is 8.71. The molecule has 3 unspecified atom stereocenters. The van der Waals surface area contributed by atoms with E-state index >= 15 is 0 Å². The maximum Gasteiger partial charge on any atom is 0.306 e. The van der Waals surface area contributed by atoms with Crippen molar-refractivity contribution in [3.05, 3.63) is 71.8 Å². The number of Topliss-reactive ketones (excluding diaryl/α,β-unsaturated/α-hetero) is 1. The Balaban J connectivity index is 1.36. The van der Waals surface area contributed by atoms with Crippen molar-refractivity contribution in [3.63, 3.8) is 0 Å². The van der Waals surface area contributed by atoms with Crippen molar-refractivity contribution in [2.24, 2.45) is 11.8 Å². The Labute approximate surface area is 179 Å². The molecule has 2 fully saturated rings. The smallest absolute Gasteiger partial charge is 0.306 e. The molecule has 1 aliphatic carbocycles. The van der Waals surface area contributed by atoms with Gasteiger partial charge in [-0.1, -0.05) is 60.7 Å². The van der Waals surface area contributed by atoms with Crippen molar-refractivity contribution in [2.45, 2.75) is 51.2 Å². The zero-order chi connectivity index (χ0) is 20.8. The van der Waals surface area contributed by atoms with E-state index in [1.54, 1.807) is 0 Å². The number of ketones is 1.